The topological polar surface area (TPSA) is 69.6 Å². The predicted molar refractivity (Wildman–Crippen MR) is 76.4 cm³/mol. The van der Waals surface area contributed by atoms with E-state index in [2.05, 4.69) is 20.2 Å². The van der Waals surface area contributed by atoms with Gasteiger partial charge in [-0.2, -0.15) is 10.1 Å². The first-order valence-corrected chi connectivity index (χ1v) is 6.54. The first kappa shape index (κ1) is 11.8. The summed E-state index contributed by atoms with van der Waals surface area (Å²) in [5.41, 5.74) is 1.82. The van der Waals surface area contributed by atoms with Gasteiger partial charge < -0.3 is 4.52 Å². The van der Waals surface area contributed by atoms with Gasteiger partial charge in [0.25, 0.3) is 0 Å². The number of pyridine rings is 1. The van der Waals surface area contributed by atoms with Gasteiger partial charge in [0.05, 0.1) is 5.52 Å². The SMILES string of the molecule is c1ccc2c(-c3noc(Cn4cccn4)n3)ccnc2c1. The Labute approximate surface area is 120 Å². The molecule has 6 heteroatoms. The van der Waals surface area contributed by atoms with Gasteiger partial charge in [-0.15, -0.1) is 0 Å². The lowest BCUT2D eigenvalue weighted by Gasteiger charge is -2.00. The Morgan fingerprint density at radius 3 is 2.90 bits per heavy atom. The van der Waals surface area contributed by atoms with E-state index in [0.717, 1.165) is 16.5 Å². The summed E-state index contributed by atoms with van der Waals surface area (Å²) < 4.78 is 7.04. The Kier molecular flexibility index (Phi) is 2.71. The number of para-hydroxylation sites is 1. The van der Waals surface area contributed by atoms with Crippen LogP contribution in [0.5, 0.6) is 0 Å². The zero-order valence-corrected chi connectivity index (χ0v) is 11.0. The quantitative estimate of drug-likeness (QED) is 0.575. The molecule has 3 heterocycles. The number of hydrogen-bond acceptors (Lipinski definition) is 5. The van der Waals surface area contributed by atoms with Crippen LogP contribution in [0.3, 0.4) is 0 Å². The second-order valence-electron chi connectivity index (χ2n) is 4.59. The van der Waals surface area contributed by atoms with Gasteiger partial charge >= 0.3 is 0 Å². The third kappa shape index (κ3) is 2.16. The van der Waals surface area contributed by atoms with Gasteiger partial charge in [-0.1, -0.05) is 23.4 Å². The molecule has 3 aromatic heterocycles. The molecule has 21 heavy (non-hydrogen) atoms. The molecule has 0 spiro atoms. The fourth-order valence-corrected chi connectivity index (χ4v) is 2.25. The summed E-state index contributed by atoms with van der Waals surface area (Å²) in [5.74, 6) is 1.09. The van der Waals surface area contributed by atoms with E-state index >= 15 is 0 Å². The number of nitrogens with zero attached hydrogens (tertiary/aromatic N) is 5. The van der Waals surface area contributed by atoms with Crippen molar-refractivity contribution in [3.8, 4) is 11.4 Å². The molecule has 0 bridgehead atoms. The fourth-order valence-electron chi connectivity index (χ4n) is 2.25. The number of fused-ring (bicyclic) bond motifs is 1. The largest absolute Gasteiger partial charge is 0.337 e. The molecule has 6 nitrogen and oxygen atoms in total. The lowest BCUT2D eigenvalue weighted by atomic mass is 10.1. The molecule has 0 unspecified atom stereocenters. The maximum absolute atomic E-state index is 5.30. The summed E-state index contributed by atoms with van der Waals surface area (Å²) in [5, 5.41) is 9.19. The summed E-state index contributed by atoms with van der Waals surface area (Å²) in [6.07, 6.45) is 5.32. The lowest BCUT2D eigenvalue weighted by molar-refractivity contribution is 0.366. The minimum Gasteiger partial charge on any atom is -0.337 e. The van der Waals surface area contributed by atoms with Gasteiger partial charge in [0.2, 0.25) is 11.7 Å². The molecular weight excluding hydrogens is 266 g/mol. The maximum atomic E-state index is 5.30. The van der Waals surface area contributed by atoms with E-state index in [9.17, 15) is 0 Å². The van der Waals surface area contributed by atoms with Crippen LogP contribution in [0.1, 0.15) is 5.89 Å². The molecular formula is C15H11N5O. The lowest BCUT2D eigenvalue weighted by Crippen LogP contribution is -1.99. The molecule has 4 rings (SSSR count). The van der Waals surface area contributed by atoms with Crippen molar-refractivity contribution in [2.24, 2.45) is 0 Å². The molecule has 0 saturated carbocycles. The zero-order chi connectivity index (χ0) is 14.1. The second kappa shape index (κ2) is 4.82. The molecule has 0 aliphatic rings. The highest BCUT2D eigenvalue weighted by Gasteiger charge is 2.12. The monoisotopic (exact) mass is 277 g/mol. The summed E-state index contributed by atoms with van der Waals surface area (Å²) in [6.45, 7) is 0.461. The molecule has 0 radical (unpaired) electrons. The molecule has 4 aromatic rings. The minimum absolute atomic E-state index is 0.461. The molecule has 0 atom stereocenters. The molecule has 0 N–H and O–H groups in total. The molecule has 0 aliphatic heterocycles. The van der Waals surface area contributed by atoms with Crippen LogP contribution in [0, 0.1) is 0 Å². The number of aromatic nitrogens is 5. The van der Waals surface area contributed by atoms with E-state index in [1.165, 1.54) is 0 Å². The van der Waals surface area contributed by atoms with E-state index < -0.39 is 0 Å². The fraction of sp³-hybridized carbons (Fsp3) is 0.0667. The third-order valence-electron chi connectivity index (χ3n) is 3.21. The minimum atomic E-state index is 0.461. The molecule has 0 amide bonds. The molecule has 0 fully saturated rings. The highest BCUT2D eigenvalue weighted by Crippen LogP contribution is 2.24. The molecule has 0 saturated heterocycles. The Hall–Kier alpha value is -3.02. The maximum Gasteiger partial charge on any atom is 0.248 e. The van der Waals surface area contributed by atoms with Gasteiger partial charge in [-0.25, -0.2) is 0 Å². The molecule has 0 aliphatic carbocycles. The van der Waals surface area contributed by atoms with E-state index in [1.54, 1.807) is 17.1 Å². The summed E-state index contributed by atoms with van der Waals surface area (Å²) in [4.78, 5) is 8.77. The number of hydrogen-bond donors (Lipinski definition) is 0. The van der Waals surface area contributed by atoms with E-state index in [-0.39, 0.29) is 0 Å². The van der Waals surface area contributed by atoms with Gasteiger partial charge in [0.15, 0.2) is 0 Å². The van der Waals surface area contributed by atoms with Crippen molar-refractivity contribution in [3.05, 3.63) is 60.9 Å². The van der Waals surface area contributed by atoms with Crippen molar-refractivity contribution < 1.29 is 4.52 Å². The highest BCUT2D eigenvalue weighted by atomic mass is 16.5. The van der Waals surface area contributed by atoms with Crippen molar-refractivity contribution in [1.82, 2.24) is 24.9 Å². The third-order valence-corrected chi connectivity index (χ3v) is 3.21. The average molecular weight is 277 g/mol. The Bertz CT molecular complexity index is 877. The molecule has 1 aromatic carbocycles. The Morgan fingerprint density at radius 1 is 1.05 bits per heavy atom. The van der Waals surface area contributed by atoms with Gasteiger partial charge in [-0.05, 0) is 18.2 Å². The van der Waals surface area contributed by atoms with Gasteiger partial charge in [0, 0.05) is 29.5 Å². The second-order valence-corrected chi connectivity index (χ2v) is 4.59. The van der Waals surface area contributed by atoms with Crippen LogP contribution in [0.25, 0.3) is 22.3 Å². The van der Waals surface area contributed by atoms with Crippen LogP contribution in [0.15, 0.2) is 59.5 Å². The van der Waals surface area contributed by atoms with Gasteiger partial charge in [0.1, 0.15) is 6.54 Å². The van der Waals surface area contributed by atoms with E-state index in [4.69, 9.17) is 4.52 Å². The number of rotatable bonds is 3. The summed E-state index contributed by atoms with van der Waals surface area (Å²) >= 11 is 0. The predicted octanol–water partition coefficient (Wildman–Crippen LogP) is 2.53. The van der Waals surface area contributed by atoms with Crippen LogP contribution in [-0.4, -0.2) is 24.9 Å². The first-order valence-electron chi connectivity index (χ1n) is 6.54. The van der Waals surface area contributed by atoms with Crippen molar-refractivity contribution in [2.75, 3.05) is 0 Å². The number of benzene rings is 1. The summed E-state index contributed by atoms with van der Waals surface area (Å²) in [7, 11) is 0. The van der Waals surface area contributed by atoms with Crippen molar-refractivity contribution >= 4 is 10.9 Å². The van der Waals surface area contributed by atoms with Crippen molar-refractivity contribution in [3.63, 3.8) is 0 Å². The van der Waals surface area contributed by atoms with E-state index in [1.807, 2.05) is 42.6 Å². The van der Waals surface area contributed by atoms with Crippen molar-refractivity contribution in [2.45, 2.75) is 6.54 Å². The molecule has 102 valence electrons. The average Bonchev–Trinajstić information content (AvgIpc) is 3.19. The Morgan fingerprint density at radius 2 is 2.00 bits per heavy atom. The summed E-state index contributed by atoms with van der Waals surface area (Å²) in [6, 6.07) is 11.6. The van der Waals surface area contributed by atoms with Crippen LogP contribution in [0.2, 0.25) is 0 Å². The van der Waals surface area contributed by atoms with Gasteiger partial charge in [-0.3, -0.25) is 9.67 Å². The normalized spacial score (nSPS) is 11.0. The van der Waals surface area contributed by atoms with Crippen LogP contribution >= 0.6 is 0 Å². The van der Waals surface area contributed by atoms with Crippen LogP contribution in [0.4, 0.5) is 0 Å². The van der Waals surface area contributed by atoms with Crippen LogP contribution in [-0.2, 0) is 6.54 Å². The first-order chi connectivity index (χ1) is 10.4. The standard InChI is InChI=1S/C15H11N5O/c1-2-5-13-11(4-1)12(6-8-16-13)15-18-14(21-19-15)10-20-9-3-7-17-20/h1-9H,10H2. The van der Waals surface area contributed by atoms with Crippen LogP contribution < -0.4 is 0 Å². The smallest absolute Gasteiger partial charge is 0.248 e. The zero-order valence-electron chi connectivity index (χ0n) is 11.0. The van der Waals surface area contributed by atoms with E-state index in [0.29, 0.717) is 18.3 Å². The Balaban J connectivity index is 1.74. The van der Waals surface area contributed by atoms with Crippen molar-refractivity contribution in [1.29, 1.82) is 0 Å². The highest BCUT2D eigenvalue weighted by molar-refractivity contribution is 5.92.